The van der Waals surface area contributed by atoms with Crippen molar-refractivity contribution < 1.29 is 19.1 Å². The second-order valence-electron chi connectivity index (χ2n) is 8.76. The number of benzene rings is 2. The molecule has 2 N–H and O–H groups in total. The fourth-order valence-corrected chi connectivity index (χ4v) is 5.66. The minimum absolute atomic E-state index is 0.0377. The molecular weight excluding hydrogens is 450 g/mol. The first-order valence-corrected chi connectivity index (χ1v) is 12.2. The van der Waals surface area contributed by atoms with Gasteiger partial charge in [-0.15, -0.1) is 11.3 Å². The first-order valence-electron chi connectivity index (χ1n) is 11.3. The molecule has 5 rings (SSSR count). The average Bonchev–Trinajstić information content (AvgIpc) is 3.22. The molecule has 0 saturated carbocycles. The van der Waals surface area contributed by atoms with Crippen LogP contribution >= 0.6 is 11.3 Å². The molecule has 1 aromatic heterocycles. The number of carbonyl (C=O) groups is 2. The van der Waals surface area contributed by atoms with E-state index in [0.717, 1.165) is 35.6 Å². The van der Waals surface area contributed by atoms with Gasteiger partial charge >= 0.3 is 5.97 Å². The lowest BCUT2D eigenvalue weighted by molar-refractivity contribution is 0.0734. The lowest BCUT2D eigenvalue weighted by Crippen LogP contribution is -2.39. The summed E-state index contributed by atoms with van der Waals surface area (Å²) in [7, 11) is 1.58. The Kier molecular flexibility index (Phi) is 6.02. The van der Waals surface area contributed by atoms with Crippen LogP contribution in [0.5, 0.6) is 11.5 Å². The molecule has 0 unspecified atom stereocenters. The summed E-state index contributed by atoms with van der Waals surface area (Å²) in [6.45, 7) is 6.27. The molecule has 0 radical (unpaired) electrons. The molecule has 0 spiro atoms. The van der Waals surface area contributed by atoms with Gasteiger partial charge in [0.05, 0.1) is 18.2 Å². The van der Waals surface area contributed by atoms with Gasteiger partial charge in [-0.3, -0.25) is 9.69 Å². The second kappa shape index (κ2) is 9.12. The molecule has 8 heteroatoms. The van der Waals surface area contributed by atoms with Crippen LogP contribution < -0.4 is 20.1 Å². The van der Waals surface area contributed by atoms with Crippen molar-refractivity contribution in [2.24, 2.45) is 0 Å². The average molecular weight is 478 g/mol. The van der Waals surface area contributed by atoms with Crippen LogP contribution in [0.25, 0.3) is 0 Å². The maximum atomic E-state index is 13.0. The highest BCUT2D eigenvalue weighted by molar-refractivity contribution is 7.16. The molecule has 0 aliphatic carbocycles. The van der Waals surface area contributed by atoms with Crippen LogP contribution in [-0.2, 0) is 13.0 Å². The van der Waals surface area contributed by atoms with E-state index in [1.807, 2.05) is 12.1 Å². The van der Waals surface area contributed by atoms with Crippen molar-refractivity contribution in [1.82, 2.24) is 10.2 Å². The van der Waals surface area contributed by atoms with Crippen molar-refractivity contribution in [3.05, 3.63) is 75.7 Å². The van der Waals surface area contributed by atoms with Crippen molar-refractivity contribution in [3.63, 3.8) is 0 Å². The standard InChI is InChI=1S/C26H27N3O4S/c1-15(2)29-13-12-20-21(14-29)34-25-22(20)24(30)27-23(28-25)16-4-10-19(11-5-16)33-26(31)17-6-8-18(32-3)9-7-17/h4-11,15,23,28H,12-14H2,1-3H3,(H,27,30)/t23-/m1/s1. The van der Waals surface area contributed by atoms with Crippen molar-refractivity contribution in [1.29, 1.82) is 0 Å². The highest BCUT2D eigenvalue weighted by Crippen LogP contribution is 2.41. The summed E-state index contributed by atoms with van der Waals surface area (Å²) in [5, 5.41) is 7.50. The van der Waals surface area contributed by atoms with Crippen molar-refractivity contribution in [2.45, 2.75) is 39.0 Å². The summed E-state index contributed by atoms with van der Waals surface area (Å²) >= 11 is 1.68. The minimum atomic E-state index is -0.441. The number of hydrogen-bond acceptors (Lipinski definition) is 7. The fourth-order valence-electron chi connectivity index (χ4n) is 4.36. The van der Waals surface area contributed by atoms with Gasteiger partial charge in [0.1, 0.15) is 22.7 Å². The number of ether oxygens (including phenoxy) is 2. The third-order valence-electron chi connectivity index (χ3n) is 6.34. The molecular formula is C26H27N3O4S. The highest BCUT2D eigenvalue weighted by Gasteiger charge is 2.33. The molecule has 0 saturated heterocycles. The van der Waals surface area contributed by atoms with Gasteiger partial charge < -0.3 is 20.1 Å². The molecule has 2 aliphatic heterocycles. The normalized spacial score (nSPS) is 17.4. The number of amides is 1. The maximum absolute atomic E-state index is 13.0. The molecule has 1 amide bonds. The number of hydrogen-bond donors (Lipinski definition) is 2. The van der Waals surface area contributed by atoms with E-state index in [4.69, 9.17) is 9.47 Å². The van der Waals surface area contributed by atoms with Crippen LogP contribution in [0.2, 0.25) is 0 Å². The third kappa shape index (κ3) is 4.26. The molecule has 34 heavy (non-hydrogen) atoms. The van der Waals surface area contributed by atoms with Crippen molar-refractivity contribution >= 4 is 28.2 Å². The lowest BCUT2D eigenvalue weighted by Gasteiger charge is -2.31. The zero-order valence-electron chi connectivity index (χ0n) is 19.4. The number of fused-ring (bicyclic) bond motifs is 3. The van der Waals surface area contributed by atoms with Gasteiger partial charge in [-0.2, -0.15) is 0 Å². The first-order chi connectivity index (χ1) is 16.4. The number of thiophene rings is 1. The molecule has 0 fully saturated rings. The van der Waals surface area contributed by atoms with E-state index in [1.54, 1.807) is 54.8 Å². The summed E-state index contributed by atoms with van der Waals surface area (Å²) in [5.41, 5.74) is 3.31. The summed E-state index contributed by atoms with van der Waals surface area (Å²) in [6, 6.07) is 14.4. The van der Waals surface area contributed by atoms with E-state index in [2.05, 4.69) is 29.4 Å². The van der Waals surface area contributed by atoms with Crippen LogP contribution in [-0.4, -0.2) is 36.5 Å². The van der Waals surface area contributed by atoms with Crippen LogP contribution in [0.1, 0.15) is 56.7 Å². The summed E-state index contributed by atoms with van der Waals surface area (Å²) in [5.74, 6) is 0.635. The fraction of sp³-hybridized carbons (Fsp3) is 0.308. The monoisotopic (exact) mass is 477 g/mol. The second-order valence-corrected chi connectivity index (χ2v) is 9.87. The topological polar surface area (TPSA) is 79.9 Å². The van der Waals surface area contributed by atoms with Crippen LogP contribution in [0.3, 0.4) is 0 Å². The Morgan fingerprint density at radius 3 is 2.44 bits per heavy atom. The Labute approximate surface area is 202 Å². The Hall–Kier alpha value is -3.36. The number of nitrogens with one attached hydrogen (secondary N) is 2. The Bertz CT molecular complexity index is 1220. The van der Waals surface area contributed by atoms with Gasteiger partial charge in [-0.1, -0.05) is 12.1 Å². The van der Waals surface area contributed by atoms with Crippen molar-refractivity contribution in [2.75, 3.05) is 19.0 Å². The summed E-state index contributed by atoms with van der Waals surface area (Å²) in [4.78, 5) is 29.1. The van der Waals surface area contributed by atoms with Crippen LogP contribution in [0.15, 0.2) is 48.5 Å². The molecule has 2 aromatic carbocycles. The highest BCUT2D eigenvalue weighted by atomic mass is 32.1. The van der Waals surface area contributed by atoms with Gasteiger partial charge in [0.25, 0.3) is 5.91 Å². The zero-order valence-corrected chi connectivity index (χ0v) is 20.2. The molecule has 7 nitrogen and oxygen atoms in total. The third-order valence-corrected chi connectivity index (χ3v) is 7.49. The lowest BCUT2D eigenvalue weighted by atomic mass is 9.99. The molecule has 3 heterocycles. The smallest absolute Gasteiger partial charge is 0.343 e. The van der Waals surface area contributed by atoms with Crippen LogP contribution in [0.4, 0.5) is 5.00 Å². The van der Waals surface area contributed by atoms with Crippen LogP contribution in [0, 0.1) is 0 Å². The van der Waals surface area contributed by atoms with E-state index in [1.165, 1.54) is 10.4 Å². The van der Waals surface area contributed by atoms with Gasteiger partial charge in [-0.05, 0) is 67.8 Å². The van der Waals surface area contributed by atoms with Crippen molar-refractivity contribution in [3.8, 4) is 11.5 Å². The Morgan fingerprint density at radius 1 is 1.06 bits per heavy atom. The minimum Gasteiger partial charge on any atom is -0.497 e. The maximum Gasteiger partial charge on any atom is 0.343 e. The molecule has 2 aliphatic rings. The number of methoxy groups -OCH3 is 1. The summed E-state index contributed by atoms with van der Waals surface area (Å²) < 4.78 is 10.6. The molecule has 1 atom stereocenters. The predicted octanol–water partition coefficient (Wildman–Crippen LogP) is 4.60. The van der Waals surface area contributed by atoms with Gasteiger partial charge in [-0.25, -0.2) is 4.79 Å². The Morgan fingerprint density at radius 2 is 1.76 bits per heavy atom. The SMILES string of the molecule is COc1ccc(C(=O)Oc2ccc([C@@H]3NC(=O)c4c(sc5c4CCN(C(C)C)C5)N3)cc2)cc1. The van der Waals surface area contributed by atoms with Gasteiger partial charge in [0.2, 0.25) is 0 Å². The molecule has 3 aromatic rings. The number of rotatable bonds is 5. The first kappa shape index (κ1) is 22.4. The Balaban J connectivity index is 1.28. The number of anilines is 1. The molecule has 176 valence electrons. The largest absolute Gasteiger partial charge is 0.497 e. The van der Waals surface area contributed by atoms with E-state index in [0.29, 0.717) is 23.1 Å². The van der Waals surface area contributed by atoms with Gasteiger partial charge in [0, 0.05) is 24.0 Å². The number of carbonyl (C=O) groups excluding carboxylic acids is 2. The van der Waals surface area contributed by atoms with E-state index < -0.39 is 5.97 Å². The zero-order chi connectivity index (χ0) is 23.8. The predicted molar refractivity (Wildman–Crippen MR) is 132 cm³/mol. The number of esters is 1. The van der Waals surface area contributed by atoms with E-state index in [-0.39, 0.29) is 12.1 Å². The van der Waals surface area contributed by atoms with Gasteiger partial charge in [0.15, 0.2) is 0 Å². The summed E-state index contributed by atoms with van der Waals surface area (Å²) in [6.07, 6.45) is 0.556. The quantitative estimate of drug-likeness (QED) is 0.413. The number of nitrogens with zero attached hydrogens (tertiary/aromatic N) is 1. The van der Waals surface area contributed by atoms with E-state index >= 15 is 0 Å². The van der Waals surface area contributed by atoms with E-state index in [9.17, 15) is 9.59 Å². The molecule has 0 bridgehead atoms.